The fourth-order valence-corrected chi connectivity index (χ4v) is 3.88. The molecule has 0 bridgehead atoms. The molecule has 1 N–H and O–H groups in total. The molecule has 2 aliphatic rings. The molecule has 0 spiro atoms. The fraction of sp³-hybridized carbons (Fsp3) is 0.632. The highest BCUT2D eigenvalue weighted by Crippen LogP contribution is 2.47. The summed E-state index contributed by atoms with van der Waals surface area (Å²) in [4.78, 5) is 14.9. The number of benzene rings is 1. The predicted molar refractivity (Wildman–Crippen MR) is 89.8 cm³/mol. The Labute approximate surface area is 134 Å². The van der Waals surface area contributed by atoms with Gasteiger partial charge in [0.25, 0.3) is 0 Å². The van der Waals surface area contributed by atoms with E-state index in [0.29, 0.717) is 12.3 Å². The number of rotatable bonds is 4. The van der Waals surface area contributed by atoms with E-state index in [4.69, 9.17) is 0 Å². The van der Waals surface area contributed by atoms with Crippen LogP contribution in [0.1, 0.15) is 48.8 Å². The monoisotopic (exact) mass is 300 g/mol. The molecule has 22 heavy (non-hydrogen) atoms. The number of nitrogens with zero attached hydrogens (tertiary/aromatic N) is 1. The van der Waals surface area contributed by atoms with Crippen molar-refractivity contribution in [2.45, 2.75) is 51.5 Å². The average Bonchev–Trinajstić information content (AvgIpc) is 3.22. The minimum Gasteiger partial charge on any atom is -0.347 e. The molecular weight excluding hydrogens is 272 g/mol. The number of likely N-dealkylation sites (tertiary alicyclic amines) is 1. The maximum absolute atomic E-state index is 12.5. The highest BCUT2D eigenvalue weighted by Gasteiger charge is 2.46. The second-order valence-electron chi connectivity index (χ2n) is 7.35. The van der Waals surface area contributed by atoms with Crippen LogP contribution in [0.4, 0.5) is 0 Å². The van der Waals surface area contributed by atoms with E-state index in [1.807, 2.05) is 0 Å². The van der Waals surface area contributed by atoms with Crippen LogP contribution in [0.25, 0.3) is 0 Å². The van der Waals surface area contributed by atoms with Crippen LogP contribution in [0.2, 0.25) is 0 Å². The molecule has 0 aromatic heterocycles. The first kappa shape index (κ1) is 15.5. The van der Waals surface area contributed by atoms with E-state index in [0.717, 1.165) is 19.4 Å². The summed E-state index contributed by atoms with van der Waals surface area (Å²) in [7, 11) is 2.16. The number of piperidine rings is 1. The first-order valence-electron chi connectivity index (χ1n) is 8.56. The second-order valence-corrected chi connectivity index (χ2v) is 7.35. The van der Waals surface area contributed by atoms with Crippen molar-refractivity contribution in [1.82, 2.24) is 10.2 Å². The summed E-state index contributed by atoms with van der Waals surface area (Å²) < 4.78 is 0. The molecule has 1 unspecified atom stereocenters. The van der Waals surface area contributed by atoms with Gasteiger partial charge in [0.05, 0.1) is 5.54 Å². The Morgan fingerprint density at radius 3 is 2.82 bits per heavy atom. The lowest BCUT2D eigenvalue weighted by Crippen LogP contribution is -2.39. The van der Waals surface area contributed by atoms with Crippen LogP contribution in [0.5, 0.6) is 0 Å². The minimum atomic E-state index is -0.0756. The molecule has 1 aromatic rings. The Hall–Kier alpha value is -1.35. The van der Waals surface area contributed by atoms with E-state index in [9.17, 15) is 4.79 Å². The third-order valence-electron chi connectivity index (χ3n) is 5.45. The smallest absolute Gasteiger partial charge is 0.221 e. The molecule has 0 radical (unpaired) electrons. The molecular formula is C19H28N2O. The van der Waals surface area contributed by atoms with Crippen LogP contribution in [0.15, 0.2) is 18.2 Å². The third-order valence-corrected chi connectivity index (χ3v) is 5.45. The van der Waals surface area contributed by atoms with Crippen LogP contribution in [0, 0.1) is 19.8 Å². The van der Waals surface area contributed by atoms with Crippen molar-refractivity contribution < 1.29 is 4.79 Å². The SMILES string of the molecule is Cc1cccc(C2(NC(=O)CC3CCCN(C)C3)CC2)c1C. The summed E-state index contributed by atoms with van der Waals surface area (Å²) in [6, 6.07) is 6.44. The standard InChI is InChI=1S/C19H28N2O/c1-14-6-4-8-17(15(14)2)19(9-10-19)20-18(22)12-16-7-5-11-21(3)13-16/h4,6,8,16H,5,7,9-13H2,1-3H3,(H,20,22). The molecule has 1 aliphatic heterocycles. The van der Waals surface area contributed by atoms with Crippen LogP contribution >= 0.6 is 0 Å². The van der Waals surface area contributed by atoms with Gasteiger partial charge in [0, 0.05) is 13.0 Å². The first-order chi connectivity index (χ1) is 10.5. The number of amides is 1. The molecule has 1 saturated heterocycles. The number of hydrogen-bond acceptors (Lipinski definition) is 2. The molecule has 1 aliphatic carbocycles. The molecule has 1 saturated carbocycles. The molecule has 2 fully saturated rings. The van der Waals surface area contributed by atoms with Crippen molar-refractivity contribution in [3.63, 3.8) is 0 Å². The van der Waals surface area contributed by atoms with E-state index in [2.05, 4.69) is 49.3 Å². The Balaban J connectivity index is 1.64. The van der Waals surface area contributed by atoms with Crippen molar-refractivity contribution in [3.05, 3.63) is 34.9 Å². The first-order valence-corrected chi connectivity index (χ1v) is 8.56. The summed E-state index contributed by atoms with van der Waals surface area (Å²) in [6.07, 6.45) is 5.24. The molecule has 1 amide bonds. The third kappa shape index (κ3) is 3.19. The highest BCUT2D eigenvalue weighted by molar-refractivity contribution is 5.78. The van der Waals surface area contributed by atoms with E-state index in [1.165, 1.54) is 36.1 Å². The van der Waals surface area contributed by atoms with Gasteiger partial charge in [-0.05, 0) is 75.7 Å². The van der Waals surface area contributed by atoms with Crippen molar-refractivity contribution in [3.8, 4) is 0 Å². The quantitative estimate of drug-likeness (QED) is 0.926. The highest BCUT2D eigenvalue weighted by atomic mass is 16.1. The number of hydrogen-bond donors (Lipinski definition) is 1. The zero-order valence-electron chi connectivity index (χ0n) is 14.1. The lowest BCUT2D eigenvalue weighted by atomic mass is 9.93. The summed E-state index contributed by atoms with van der Waals surface area (Å²) in [5.41, 5.74) is 3.89. The van der Waals surface area contributed by atoms with E-state index in [-0.39, 0.29) is 11.4 Å². The maximum Gasteiger partial charge on any atom is 0.221 e. The van der Waals surface area contributed by atoms with Gasteiger partial charge < -0.3 is 10.2 Å². The second kappa shape index (κ2) is 6.04. The summed E-state index contributed by atoms with van der Waals surface area (Å²) in [5.74, 6) is 0.756. The van der Waals surface area contributed by atoms with Crippen molar-refractivity contribution in [1.29, 1.82) is 0 Å². The molecule has 120 valence electrons. The average molecular weight is 300 g/mol. The molecule has 3 rings (SSSR count). The molecule has 3 heteroatoms. The number of carbonyl (C=O) groups excluding carboxylic acids is 1. The summed E-state index contributed by atoms with van der Waals surface area (Å²) >= 11 is 0. The molecule has 3 nitrogen and oxygen atoms in total. The van der Waals surface area contributed by atoms with Crippen LogP contribution in [-0.2, 0) is 10.3 Å². The Morgan fingerprint density at radius 2 is 2.14 bits per heavy atom. The Morgan fingerprint density at radius 1 is 1.36 bits per heavy atom. The van der Waals surface area contributed by atoms with Crippen molar-refractivity contribution >= 4 is 5.91 Å². The number of carbonyl (C=O) groups is 1. The van der Waals surface area contributed by atoms with Gasteiger partial charge in [0.15, 0.2) is 0 Å². The van der Waals surface area contributed by atoms with Gasteiger partial charge in [-0.3, -0.25) is 4.79 Å². The number of aryl methyl sites for hydroxylation is 1. The lowest BCUT2D eigenvalue weighted by molar-refractivity contribution is -0.123. The van der Waals surface area contributed by atoms with Gasteiger partial charge >= 0.3 is 0 Å². The number of nitrogens with one attached hydrogen (secondary N) is 1. The van der Waals surface area contributed by atoms with Gasteiger partial charge in [0.1, 0.15) is 0 Å². The molecule has 1 heterocycles. The molecule has 1 atom stereocenters. The normalized spacial score (nSPS) is 24.0. The van der Waals surface area contributed by atoms with Gasteiger partial charge in [-0.2, -0.15) is 0 Å². The summed E-state index contributed by atoms with van der Waals surface area (Å²) in [6.45, 7) is 6.55. The minimum absolute atomic E-state index is 0.0756. The van der Waals surface area contributed by atoms with Gasteiger partial charge in [-0.25, -0.2) is 0 Å². The van der Waals surface area contributed by atoms with Gasteiger partial charge in [-0.15, -0.1) is 0 Å². The lowest BCUT2D eigenvalue weighted by Gasteiger charge is -2.30. The summed E-state index contributed by atoms with van der Waals surface area (Å²) in [5, 5.41) is 3.36. The van der Waals surface area contributed by atoms with Crippen molar-refractivity contribution in [2.75, 3.05) is 20.1 Å². The van der Waals surface area contributed by atoms with Crippen LogP contribution in [-0.4, -0.2) is 30.9 Å². The topological polar surface area (TPSA) is 32.3 Å². The Bertz CT molecular complexity index is 563. The zero-order chi connectivity index (χ0) is 15.7. The van der Waals surface area contributed by atoms with Gasteiger partial charge in [0.2, 0.25) is 5.91 Å². The maximum atomic E-state index is 12.5. The van der Waals surface area contributed by atoms with Crippen LogP contribution in [0.3, 0.4) is 0 Å². The Kier molecular flexibility index (Phi) is 4.26. The fourth-order valence-electron chi connectivity index (χ4n) is 3.88. The molecule has 1 aromatic carbocycles. The predicted octanol–water partition coefficient (Wildman–Crippen LogP) is 3.14. The van der Waals surface area contributed by atoms with E-state index >= 15 is 0 Å². The van der Waals surface area contributed by atoms with Crippen LogP contribution < -0.4 is 5.32 Å². The van der Waals surface area contributed by atoms with E-state index < -0.39 is 0 Å². The van der Waals surface area contributed by atoms with Crippen molar-refractivity contribution in [2.24, 2.45) is 5.92 Å². The largest absolute Gasteiger partial charge is 0.347 e. The van der Waals surface area contributed by atoms with E-state index in [1.54, 1.807) is 0 Å². The zero-order valence-corrected chi connectivity index (χ0v) is 14.1. The van der Waals surface area contributed by atoms with Gasteiger partial charge in [-0.1, -0.05) is 18.2 Å².